The summed E-state index contributed by atoms with van der Waals surface area (Å²) < 4.78 is 0. The van der Waals surface area contributed by atoms with Crippen molar-refractivity contribution in [1.82, 2.24) is 4.98 Å². The van der Waals surface area contributed by atoms with Crippen molar-refractivity contribution in [1.29, 1.82) is 0 Å². The minimum absolute atomic E-state index is 1.03. The van der Waals surface area contributed by atoms with E-state index in [9.17, 15) is 0 Å². The zero-order chi connectivity index (χ0) is 19.3. The van der Waals surface area contributed by atoms with Gasteiger partial charge in [0, 0.05) is 10.9 Å². The standard InChI is InChI=1S/C27H27N/c1-3-5-6-10-17-23-24-18-21-15-11-12-16-22(21)19-25(24)27(28-26(23)4-2)20-13-8-7-9-14-20/h4,7-9,11-16,18-19H,2-3,5-6,10,17H2,1H3. The van der Waals surface area contributed by atoms with Crippen LogP contribution in [0.25, 0.3) is 38.9 Å². The average Bonchev–Trinajstić information content (AvgIpc) is 2.75. The number of hydrogen-bond acceptors (Lipinski definition) is 1. The number of rotatable bonds is 7. The van der Waals surface area contributed by atoms with Crippen molar-refractivity contribution in [3.63, 3.8) is 0 Å². The second-order valence-electron chi connectivity index (χ2n) is 7.45. The Morgan fingerprint density at radius 3 is 2.18 bits per heavy atom. The van der Waals surface area contributed by atoms with Crippen LogP contribution in [0, 0.1) is 0 Å². The molecule has 0 saturated carbocycles. The molecule has 1 nitrogen and oxygen atoms in total. The van der Waals surface area contributed by atoms with Crippen molar-refractivity contribution in [2.24, 2.45) is 0 Å². The van der Waals surface area contributed by atoms with Gasteiger partial charge in [-0.2, -0.15) is 0 Å². The Labute approximate surface area is 167 Å². The lowest BCUT2D eigenvalue weighted by Crippen LogP contribution is -1.99. The smallest absolute Gasteiger partial charge is 0.0788 e. The summed E-state index contributed by atoms with van der Waals surface area (Å²) in [7, 11) is 0. The molecule has 3 aromatic carbocycles. The lowest BCUT2D eigenvalue weighted by molar-refractivity contribution is 0.667. The van der Waals surface area contributed by atoms with Gasteiger partial charge in [-0.15, -0.1) is 0 Å². The molecular formula is C27H27N. The Kier molecular flexibility index (Phi) is 5.53. The first kappa shape index (κ1) is 18.4. The van der Waals surface area contributed by atoms with Gasteiger partial charge in [0.05, 0.1) is 11.4 Å². The molecule has 140 valence electrons. The Morgan fingerprint density at radius 1 is 0.821 bits per heavy atom. The van der Waals surface area contributed by atoms with E-state index in [-0.39, 0.29) is 0 Å². The van der Waals surface area contributed by atoms with Gasteiger partial charge in [0.1, 0.15) is 0 Å². The van der Waals surface area contributed by atoms with Crippen LogP contribution in [0.2, 0.25) is 0 Å². The molecule has 0 aliphatic carbocycles. The average molecular weight is 366 g/mol. The SMILES string of the molecule is C=Cc1nc(-c2ccccc2)c2cc3ccccc3cc2c1CCCCCC. The first-order valence-electron chi connectivity index (χ1n) is 10.3. The van der Waals surface area contributed by atoms with Crippen molar-refractivity contribution >= 4 is 27.6 Å². The summed E-state index contributed by atoms with van der Waals surface area (Å²) in [6, 6.07) is 23.8. The zero-order valence-corrected chi connectivity index (χ0v) is 16.6. The van der Waals surface area contributed by atoms with Gasteiger partial charge in [-0.1, -0.05) is 87.4 Å². The molecule has 1 heterocycles. The molecule has 0 fully saturated rings. The Bertz CT molecular complexity index is 1110. The van der Waals surface area contributed by atoms with Gasteiger partial charge in [-0.25, -0.2) is 4.98 Å². The molecule has 0 aliphatic heterocycles. The van der Waals surface area contributed by atoms with E-state index in [0.29, 0.717) is 0 Å². The maximum Gasteiger partial charge on any atom is 0.0788 e. The van der Waals surface area contributed by atoms with Gasteiger partial charge in [0.2, 0.25) is 0 Å². The van der Waals surface area contributed by atoms with E-state index in [0.717, 1.165) is 23.4 Å². The highest BCUT2D eigenvalue weighted by Crippen LogP contribution is 2.35. The number of nitrogens with zero attached hydrogens (tertiary/aromatic N) is 1. The van der Waals surface area contributed by atoms with E-state index in [1.54, 1.807) is 0 Å². The molecule has 0 N–H and O–H groups in total. The predicted octanol–water partition coefficient (Wildman–Crippen LogP) is 7.82. The van der Waals surface area contributed by atoms with Gasteiger partial charge < -0.3 is 0 Å². The highest BCUT2D eigenvalue weighted by atomic mass is 14.7. The molecule has 0 unspecified atom stereocenters. The highest BCUT2D eigenvalue weighted by Gasteiger charge is 2.14. The summed E-state index contributed by atoms with van der Waals surface area (Å²) in [5, 5.41) is 5.10. The van der Waals surface area contributed by atoms with Crippen LogP contribution in [0.5, 0.6) is 0 Å². The van der Waals surface area contributed by atoms with Crippen LogP contribution >= 0.6 is 0 Å². The van der Waals surface area contributed by atoms with Gasteiger partial charge >= 0.3 is 0 Å². The second-order valence-corrected chi connectivity index (χ2v) is 7.45. The third-order valence-corrected chi connectivity index (χ3v) is 5.53. The molecule has 28 heavy (non-hydrogen) atoms. The van der Waals surface area contributed by atoms with Crippen LogP contribution in [0.3, 0.4) is 0 Å². The maximum absolute atomic E-state index is 5.08. The van der Waals surface area contributed by atoms with E-state index >= 15 is 0 Å². The quantitative estimate of drug-likeness (QED) is 0.240. The summed E-state index contributed by atoms with van der Waals surface area (Å²) in [5.74, 6) is 0. The van der Waals surface area contributed by atoms with Crippen molar-refractivity contribution in [3.05, 3.63) is 84.6 Å². The predicted molar refractivity (Wildman–Crippen MR) is 123 cm³/mol. The van der Waals surface area contributed by atoms with Gasteiger partial charge in [-0.3, -0.25) is 0 Å². The zero-order valence-electron chi connectivity index (χ0n) is 16.6. The first-order chi connectivity index (χ1) is 13.8. The molecule has 0 aliphatic rings. The van der Waals surface area contributed by atoms with E-state index in [2.05, 4.69) is 80.2 Å². The molecule has 0 radical (unpaired) electrons. The molecule has 1 heteroatoms. The van der Waals surface area contributed by atoms with Crippen LogP contribution in [-0.2, 0) is 6.42 Å². The summed E-state index contributed by atoms with van der Waals surface area (Å²) >= 11 is 0. The lowest BCUT2D eigenvalue weighted by Gasteiger charge is -2.16. The number of hydrogen-bond donors (Lipinski definition) is 0. The molecule has 0 atom stereocenters. The van der Waals surface area contributed by atoms with E-state index < -0.39 is 0 Å². The Hall–Kier alpha value is -2.93. The van der Waals surface area contributed by atoms with Crippen molar-refractivity contribution in [3.8, 4) is 11.3 Å². The summed E-state index contributed by atoms with van der Waals surface area (Å²) in [4.78, 5) is 5.08. The van der Waals surface area contributed by atoms with Gasteiger partial charge in [0.25, 0.3) is 0 Å². The number of aryl methyl sites for hydroxylation is 1. The number of aromatic nitrogens is 1. The normalized spacial score (nSPS) is 11.2. The van der Waals surface area contributed by atoms with Crippen LogP contribution in [0.4, 0.5) is 0 Å². The van der Waals surface area contributed by atoms with E-state index in [1.165, 1.54) is 52.8 Å². The molecule has 1 aromatic heterocycles. The maximum atomic E-state index is 5.08. The van der Waals surface area contributed by atoms with Gasteiger partial charge in [-0.05, 0) is 52.8 Å². The van der Waals surface area contributed by atoms with Crippen LogP contribution in [0.1, 0.15) is 43.9 Å². The summed E-state index contributed by atoms with van der Waals surface area (Å²) in [6.45, 7) is 6.33. The largest absolute Gasteiger partial charge is 0.247 e. The van der Waals surface area contributed by atoms with Crippen molar-refractivity contribution in [2.45, 2.75) is 39.0 Å². The fourth-order valence-electron chi connectivity index (χ4n) is 4.05. The van der Waals surface area contributed by atoms with Crippen LogP contribution in [0.15, 0.2) is 73.3 Å². The number of pyridine rings is 1. The fraction of sp³-hybridized carbons (Fsp3) is 0.222. The highest BCUT2D eigenvalue weighted by molar-refractivity contribution is 6.06. The molecule has 0 amide bonds. The van der Waals surface area contributed by atoms with Gasteiger partial charge in [0.15, 0.2) is 0 Å². The molecule has 0 spiro atoms. The third kappa shape index (κ3) is 3.57. The minimum atomic E-state index is 1.03. The molecular weight excluding hydrogens is 338 g/mol. The fourth-order valence-corrected chi connectivity index (χ4v) is 4.05. The number of benzene rings is 3. The molecule has 0 saturated heterocycles. The first-order valence-corrected chi connectivity index (χ1v) is 10.3. The topological polar surface area (TPSA) is 12.9 Å². The van der Waals surface area contributed by atoms with E-state index in [4.69, 9.17) is 4.98 Å². The Morgan fingerprint density at radius 2 is 1.50 bits per heavy atom. The van der Waals surface area contributed by atoms with E-state index in [1.807, 2.05) is 6.08 Å². The number of unbranched alkanes of at least 4 members (excludes halogenated alkanes) is 3. The monoisotopic (exact) mass is 365 g/mol. The van der Waals surface area contributed by atoms with Crippen molar-refractivity contribution < 1.29 is 0 Å². The lowest BCUT2D eigenvalue weighted by atomic mass is 9.92. The third-order valence-electron chi connectivity index (χ3n) is 5.53. The summed E-state index contributed by atoms with van der Waals surface area (Å²) in [6.07, 6.45) is 7.99. The number of fused-ring (bicyclic) bond motifs is 2. The molecule has 4 aromatic rings. The summed E-state index contributed by atoms with van der Waals surface area (Å²) in [5.41, 5.74) is 4.57. The van der Waals surface area contributed by atoms with Crippen molar-refractivity contribution in [2.75, 3.05) is 0 Å². The minimum Gasteiger partial charge on any atom is -0.247 e. The van der Waals surface area contributed by atoms with Crippen LogP contribution in [-0.4, -0.2) is 4.98 Å². The Balaban J connectivity index is 1.97. The molecule has 4 rings (SSSR count). The molecule has 0 bridgehead atoms. The second kappa shape index (κ2) is 8.39. The van der Waals surface area contributed by atoms with Crippen LogP contribution < -0.4 is 0 Å².